The van der Waals surface area contributed by atoms with Gasteiger partial charge in [-0.25, -0.2) is 8.42 Å². The summed E-state index contributed by atoms with van der Waals surface area (Å²) in [6.45, 7) is 2.16. The van der Waals surface area contributed by atoms with Gasteiger partial charge in [0.2, 0.25) is 9.84 Å². The average Bonchev–Trinajstić information content (AvgIpc) is 2.92. The Morgan fingerprint density at radius 1 is 1.10 bits per heavy atom. The van der Waals surface area contributed by atoms with Crippen LogP contribution < -0.4 is 0 Å². The van der Waals surface area contributed by atoms with E-state index < -0.39 is 25.9 Å². The number of nitrogens with one attached hydrogen (secondary N) is 1. The predicted molar refractivity (Wildman–Crippen MR) is 77.7 cm³/mol. The van der Waals surface area contributed by atoms with Crippen LogP contribution in [0.25, 0.3) is 0 Å². The Bertz CT molecular complexity index is 541. The van der Waals surface area contributed by atoms with Crippen LogP contribution in [0, 0.1) is 10.1 Å². The zero-order valence-electron chi connectivity index (χ0n) is 12.2. The molecule has 0 amide bonds. The molecule has 1 heterocycles. The molecule has 0 atom stereocenters. The molecule has 120 valence electrons. The van der Waals surface area contributed by atoms with Gasteiger partial charge in [0, 0.05) is 0 Å². The van der Waals surface area contributed by atoms with E-state index in [-0.39, 0.29) is 5.75 Å². The number of H-pyrrole nitrogens is 1. The monoisotopic (exact) mass is 318 g/mol. The quantitative estimate of drug-likeness (QED) is 0.380. The number of sulfone groups is 1. The van der Waals surface area contributed by atoms with Crippen LogP contribution in [-0.4, -0.2) is 34.3 Å². The Labute approximate surface area is 124 Å². The molecule has 0 aliphatic heterocycles. The van der Waals surface area contributed by atoms with Crippen LogP contribution in [0.1, 0.15) is 58.3 Å². The van der Waals surface area contributed by atoms with Gasteiger partial charge in [-0.15, -0.1) is 5.10 Å². The summed E-state index contributed by atoms with van der Waals surface area (Å²) in [5, 5.41) is 15.3. The number of rotatable bonds is 11. The van der Waals surface area contributed by atoms with Crippen LogP contribution in [0.5, 0.6) is 0 Å². The van der Waals surface area contributed by atoms with Gasteiger partial charge < -0.3 is 10.1 Å². The van der Waals surface area contributed by atoms with E-state index in [0.29, 0.717) is 6.42 Å². The van der Waals surface area contributed by atoms with Crippen molar-refractivity contribution >= 4 is 15.8 Å². The highest BCUT2D eigenvalue weighted by Gasteiger charge is 2.26. The van der Waals surface area contributed by atoms with E-state index >= 15 is 0 Å². The van der Waals surface area contributed by atoms with E-state index in [1.807, 2.05) is 5.10 Å². The number of nitrogens with zero attached hydrogens (tertiary/aromatic N) is 3. The Morgan fingerprint density at radius 3 is 2.19 bits per heavy atom. The second-order valence-corrected chi connectivity index (χ2v) is 7.00. The van der Waals surface area contributed by atoms with E-state index in [4.69, 9.17) is 0 Å². The maximum absolute atomic E-state index is 11.9. The van der Waals surface area contributed by atoms with Gasteiger partial charge in [-0.3, -0.25) is 0 Å². The van der Waals surface area contributed by atoms with E-state index in [2.05, 4.69) is 17.0 Å². The third-order valence-corrected chi connectivity index (χ3v) is 4.74. The van der Waals surface area contributed by atoms with Crippen molar-refractivity contribution in [3.8, 4) is 0 Å². The first kappa shape index (κ1) is 17.5. The van der Waals surface area contributed by atoms with Crippen molar-refractivity contribution in [2.45, 2.75) is 63.4 Å². The molecule has 0 radical (unpaired) electrons. The maximum atomic E-state index is 11.9. The normalized spacial score (nSPS) is 11.7. The highest BCUT2D eigenvalue weighted by Crippen LogP contribution is 2.13. The van der Waals surface area contributed by atoms with Gasteiger partial charge in [0.15, 0.2) is 0 Å². The van der Waals surface area contributed by atoms with Crippen molar-refractivity contribution in [1.82, 2.24) is 15.2 Å². The molecular weight excluding hydrogens is 296 g/mol. The molecular formula is C12H22N4O4S. The molecule has 0 fully saturated rings. The molecule has 21 heavy (non-hydrogen) atoms. The van der Waals surface area contributed by atoms with Crippen molar-refractivity contribution in [1.29, 1.82) is 0 Å². The van der Waals surface area contributed by atoms with Gasteiger partial charge >= 0.3 is 11.1 Å². The zero-order chi connectivity index (χ0) is 15.7. The largest absolute Gasteiger partial charge is 0.454 e. The summed E-state index contributed by atoms with van der Waals surface area (Å²) in [4.78, 5) is 13.0. The number of unbranched alkanes of at least 4 members (excludes halogenated alkanes) is 7. The molecule has 0 aromatic carbocycles. The van der Waals surface area contributed by atoms with Gasteiger partial charge in [-0.2, -0.15) is 0 Å². The van der Waals surface area contributed by atoms with Crippen LogP contribution in [0.15, 0.2) is 5.16 Å². The minimum absolute atomic E-state index is 0.0725. The molecule has 1 rings (SSSR count). The van der Waals surface area contributed by atoms with E-state index in [0.717, 1.165) is 19.3 Å². The topological polar surface area (TPSA) is 119 Å². The molecule has 0 aliphatic carbocycles. The van der Waals surface area contributed by atoms with E-state index in [9.17, 15) is 18.5 Å². The van der Waals surface area contributed by atoms with Crippen molar-refractivity contribution in [3.05, 3.63) is 10.1 Å². The molecule has 0 saturated carbocycles. The average molecular weight is 318 g/mol. The van der Waals surface area contributed by atoms with Crippen molar-refractivity contribution in [2.75, 3.05) is 5.75 Å². The summed E-state index contributed by atoms with van der Waals surface area (Å²) in [7, 11) is -3.63. The minimum atomic E-state index is -3.63. The zero-order valence-corrected chi connectivity index (χ0v) is 13.1. The standard InChI is InChI=1S/C12H22N4O4S/c1-2-3-4-5-6-7-8-9-10-21(19,20)12-13-11(14-15-12)16(17)18/h2-10H2,1H3,(H,13,14,15). The summed E-state index contributed by atoms with van der Waals surface area (Å²) < 4.78 is 23.7. The SMILES string of the molecule is CCCCCCCCCCS(=O)(=O)c1n[nH]c([N+](=O)[O-])n1. The Hall–Kier alpha value is -1.51. The number of hydrogen-bond acceptors (Lipinski definition) is 6. The van der Waals surface area contributed by atoms with Crippen molar-refractivity contribution < 1.29 is 13.3 Å². The van der Waals surface area contributed by atoms with Gasteiger partial charge in [0.1, 0.15) is 0 Å². The lowest BCUT2D eigenvalue weighted by molar-refractivity contribution is -0.394. The molecule has 0 aliphatic rings. The number of aromatic amines is 1. The summed E-state index contributed by atoms with van der Waals surface area (Å²) in [6, 6.07) is 0. The van der Waals surface area contributed by atoms with Crippen LogP contribution in [-0.2, 0) is 9.84 Å². The minimum Gasteiger partial charge on any atom is -0.390 e. The van der Waals surface area contributed by atoms with Gasteiger partial charge in [0.05, 0.1) is 5.75 Å². The molecule has 0 unspecified atom stereocenters. The highest BCUT2D eigenvalue weighted by molar-refractivity contribution is 7.91. The lowest BCUT2D eigenvalue weighted by Gasteiger charge is -2.01. The maximum Gasteiger partial charge on any atom is 0.454 e. The summed E-state index contributed by atoms with van der Waals surface area (Å²) in [6.07, 6.45) is 8.36. The fourth-order valence-electron chi connectivity index (χ4n) is 1.98. The predicted octanol–water partition coefficient (Wildman–Crippen LogP) is 2.63. The molecule has 0 spiro atoms. The number of nitro groups is 1. The molecule has 1 N–H and O–H groups in total. The smallest absolute Gasteiger partial charge is 0.390 e. The molecule has 9 heteroatoms. The summed E-state index contributed by atoms with van der Waals surface area (Å²) in [5.74, 6) is -0.721. The third kappa shape index (κ3) is 6.19. The van der Waals surface area contributed by atoms with Crippen LogP contribution >= 0.6 is 0 Å². The van der Waals surface area contributed by atoms with E-state index in [1.54, 1.807) is 0 Å². The number of hydrogen-bond donors (Lipinski definition) is 1. The molecule has 1 aromatic rings. The Balaban J connectivity index is 2.28. The number of aromatic nitrogens is 3. The fraction of sp³-hybridized carbons (Fsp3) is 0.833. The van der Waals surface area contributed by atoms with E-state index in [1.165, 1.54) is 25.7 Å². The summed E-state index contributed by atoms with van der Waals surface area (Å²) >= 11 is 0. The molecule has 0 bridgehead atoms. The first-order valence-electron chi connectivity index (χ1n) is 7.27. The molecule has 8 nitrogen and oxygen atoms in total. The third-order valence-electron chi connectivity index (χ3n) is 3.17. The Morgan fingerprint density at radius 2 is 1.67 bits per heavy atom. The summed E-state index contributed by atoms with van der Waals surface area (Å²) in [5.41, 5.74) is 0. The van der Waals surface area contributed by atoms with Crippen LogP contribution in [0.2, 0.25) is 0 Å². The first-order chi connectivity index (χ1) is 9.97. The van der Waals surface area contributed by atoms with Gasteiger partial charge in [0.25, 0.3) is 0 Å². The molecule has 1 aromatic heterocycles. The molecule has 0 saturated heterocycles. The van der Waals surface area contributed by atoms with Crippen LogP contribution in [0.4, 0.5) is 5.95 Å². The second-order valence-electron chi connectivity index (χ2n) is 4.99. The lowest BCUT2D eigenvalue weighted by Crippen LogP contribution is -2.09. The van der Waals surface area contributed by atoms with Crippen molar-refractivity contribution in [3.63, 3.8) is 0 Å². The first-order valence-corrected chi connectivity index (χ1v) is 8.92. The second kappa shape index (κ2) is 8.71. The van der Waals surface area contributed by atoms with Crippen molar-refractivity contribution in [2.24, 2.45) is 0 Å². The van der Waals surface area contributed by atoms with Gasteiger partial charge in [-0.1, -0.05) is 57.0 Å². The van der Waals surface area contributed by atoms with Crippen LogP contribution in [0.3, 0.4) is 0 Å². The fourth-order valence-corrected chi connectivity index (χ4v) is 3.15. The lowest BCUT2D eigenvalue weighted by atomic mass is 10.1. The van der Waals surface area contributed by atoms with Gasteiger partial charge in [-0.05, 0) is 16.3 Å². The highest BCUT2D eigenvalue weighted by atomic mass is 32.2. The Kier molecular flexibility index (Phi) is 7.27.